The molecule has 0 aliphatic carbocycles. The van der Waals surface area contributed by atoms with Gasteiger partial charge < -0.3 is 9.47 Å². The molecular formula is C25H20BrN3O5S. The Hall–Kier alpha value is -3.76. The van der Waals surface area contributed by atoms with E-state index in [1.807, 2.05) is 31.2 Å². The van der Waals surface area contributed by atoms with Gasteiger partial charge in [-0.15, -0.1) is 11.3 Å². The summed E-state index contributed by atoms with van der Waals surface area (Å²) in [5, 5.41) is 15.6. The van der Waals surface area contributed by atoms with E-state index in [4.69, 9.17) is 9.47 Å². The van der Waals surface area contributed by atoms with Crippen molar-refractivity contribution in [1.82, 2.24) is 5.43 Å². The number of hydrazone groups is 1. The van der Waals surface area contributed by atoms with E-state index in [1.54, 1.807) is 31.4 Å². The summed E-state index contributed by atoms with van der Waals surface area (Å²) in [5.41, 5.74) is 5.37. The number of thiophene rings is 1. The lowest BCUT2D eigenvalue weighted by atomic mass is 10.2. The van der Waals surface area contributed by atoms with Crippen LogP contribution < -0.4 is 14.9 Å². The molecule has 10 heteroatoms. The smallest absolute Gasteiger partial charge is 0.281 e. The maximum absolute atomic E-state index is 12.5. The SMILES string of the molecule is COc1cc(/C=N\NC(=O)c2cc3cc([N+](=O)[O-])ccc3s2)c(Br)cc1OCc1ccc(C)cc1. The highest BCUT2D eigenvalue weighted by Crippen LogP contribution is 2.33. The first-order valence-corrected chi connectivity index (χ1v) is 12.0. The molecule has 4 aromatic rings. The number of aryl methyl sites for hydroxylation is 1. The fourth-order valence-corrected chi connectivity index (χ4v) is 4.60. The minimum Gasteiger partial charge on any atom is -0.493 e. The van der Waals surface area contributed by atoms with Crippen LogP contribution in [0.4, 0.5) is 5.69 Å². The fraction of sp³-hybridized carbons (Fsp3) is 0.120. The van der Waals surface area contributed by atoms with E-state index < -0.39 is 10.8 Å². The molecule has 0 saturated carbocycles. The number of carbonyl (C=O) groups is 1. The molecule has 0 aliphatic rings. The summed E-state index contributed by atoms with van der Waals surface area (Å²) < 4.78 is 12.9. The van der Waals surface area contributed by atoms with Gasteiger partial charge in [-0.1, -0.05) is 29.8 Å². The van der Waals surface area contributed by atoms with Crippen molar-refractivity contribution in [1.29, 1.82) is 0 Å². The Morgan fingerprint density at radius 2 is 1.91 bits per heavy atom. The highest BCUT2D eigenvalue weighted by Gasteiger charge is 2.14. The Morgan fingerprint density at radius 1 is 1.14 bits per heavy atom. The Balaban J connectivity index is 1.44. The second kappa shape index (κ2) is 10.7. The Morgan fingerprint density at radius 3 is 2.63 bits per heavy atom. The molecule has 0 bridgehead atoms. The van der Waals surface area contributed by atoms with Gasteiger partial charge in [0.25, 0.3) is 11.6 Å². The van der Waals surface area contributed by atoms with Gasteiger partial charge in [0.15, 0.2) is 11.5 Å². The van der Waals surface area contributed by atoms with Crippen molar-refractivity contribution in [2.75, 3.05) is 7.11 Å². The van der Waals surface area contributed by atoms with E-state index in [0.29, 0.717) is 38.4 Å². The number of hydrogen-bond donors (Lipinski definition) is 1. The van der Waals surface area contributed by atoms with Crippen LogP contribution in [0.3, 0.4) is 0 Å². The minimum atomic E-state index is -0.466. The third-order valence-electron chi connectivity index (χ3n) is 5.10. The Kier molecular flexibility index (Phi) is 7.42. The van der Waals surface area contributed by atoms with Crippen molar-refractivity contribution >= 4 is 55.2 Å². The lowest BCUT2D eigenvalue weighted by molar-refractivity contribution is -0.384. The van der Waals surface area contributed by atoms with Gasteiger partial charge in [0.1, 0.15) is 6.61 Å². The molecule has 0 aliphatic heterocycles. The van der Waals surface area contributed by atoms with Gasteiger partial charge in [0.2, 0.25) is 0 Å². The fourth-order valence-electron chi connectivity index (χ4n) is 3.24. The van der Waals surface area contributed by atoms with E-state index in [-0.39, 0.29) is 5.69 Å². The number of non-ortho nitro benzene ring substituents is 1. The number of ether oxygens (including phenoxy) is 2. The largest absolute Gasteiger partial charge is 0.493 e. The van der Waals surface area contributed by atoms with Crippen molar-refractivity contribution in [2.24, 2.45) is 5.10 Å². The average Bonchev–Trinajstić information content (AvgIpc) is 3.28. The van der Waals surface area contributed by atoms with E-state index in [1.165, 1.54) is 35.2 Å². The third-order valence-corrected chi connectivity index (χ3v) is 6.90. The first-order chi connectivity index (χ1) is 16.8. The predicted molar refractivity (Wildman–Crippen MR) is 140 cm³/mol. The Labute approximate surface area is 213 Å². The van der Waals surface area contributed by atoms with Crippen LogP contribution in [0.1, 0.15) is 26.4 Å². The highest BCUT2D eigenvalue weighted by atomic mass is 79.9. The maximum atomic E-state index is 12.5. The molecule has 0 atom stereocenters. The standard InChI is InChI=1S/C25H20BrN3O5S/c1-15-3-5-16(6-4-15)14-34-22-12-20(26)18(10-21(22)33-2)13-27-28-25(30)24-11-17-9-19(29(31)32)7-8-23(17)35-24/h3-13H,14H2,1-2H3,(H,28,30)/b27-13-. The van der Waals surface area contributed by atoms with E-state index in [0.717, 1.165) is 10.3 Å². The number of amides is 1. The average molecular weight is 554 g/mol. The second-order valence-electron chi connectivity index (χ2n) is 7.59. The number of nitrogens with one attached hydrogen (secondary N) is 1. The molecule has 1 N–H and O–H groups in total. The maximum Gasteiger partial charge on any atom is 0.281 e. The van der Waals surface area contributed by atoms with Gasteiger partial charge in [-0.25, -0.2) is 5.43 Å². The van der Waals surface area contributed by atoms with E-state index in [2.05, 4.69) is 26.5 Å². The summed E-state index contributed by atoms with van der Waals surface area (Å²) in [4.78, 5) is 23.4. The van der Waals surface area contributed by atoms with Crippen LogP contribution in [0, 0.1) is 17.0 Å². The molecule has 0 spiro atoms. The summed E-state index contributed by atoms with van der Waals surface area (Å²) >= 11 is 4.74. The molecule has 3 aromatic carbocycles. The normalized spacial score (nSPS) is 11.1. The third kappa shape index (κ3) is 5.84. The summed E-state index contributed by atoms with van der Waals surface area (Å²) in [6, 6.07) is 17.7. The number of rotatable bonds is 8. The van der Waals surface area contributed by atoms with Crippen LogP contribution in [0.15, 0.2) is 70.2 Å². The number of benzene rings is 3. The minimum absolute atomic E-state index is 0.0228. The highest BCUT2D eigenvalue weighted by molar-refractivity contribution is 9.10. The number of nitrogens with zero attached hydrogens (tertiary/aromatic N) is 2. The van der Waals surface area contributed by atoms with Gasteiger partial charge >= 0.3 is 0 Å². The number of nitro groups is 1. The topological polar surface area (TPSA) is 103 Å². The predicted octanol–water partition coefficient (Wildman–Crippen LogP) is 6.23. The quantitative estimate of drug-likeness (QED) is 0.158. The number of nitro benzene ring substituents is 1. The number of methoxy groups -OCH3 is 1. The zero-order valence-electron chi connectivity index (χ0n) is 18.8. The molecule has 0 fully saturated rings. The molecule has 35 heavy (non-hydrogen) atoms. The first-order valence-electron chi connectivity index (χ1n) is 10.4. The molecule has 8 nitrogen and oxygen atoms in total. The monoisotopic (exact) mass is 553 g/mol. The summed E-state index contributed by atoms with van der Waals surface area (Å²) in [6.45, 7) is 2.43. The molecule has 4 rings (SSSR count). The van der Waals surface area contributed by atoms with E-state index in [9.17, 15) is 14.9 Å². The zero-order chi connectivity index (χ0) is 24.9. The van der Waals surface area contributed by atoms with Crippen molar-refractivity contribution in [3.8, 4) is 11.5 Å². The molecule has 0 saturated heterocycles. The van der Waals surface area contributed by atoms with E-state index >= 15 is 0 Å². The van der Waals surface area contributed by atoms with Crippen LogP contribution >= 0.6 is 27.3 Å². The Bertz CT molecular complexity index is 1430. The number of halogens is 1. The van der Waals surface area contributed by atoms with Crippen molar-refractivity contribution < 1.29 is 19.2 Å². The molecule has 0 radical (unpaired) electrons. The van der Waals surface area contributed by atoms with Gasteiger partial charge in [0, 0.05) is 32.3 Å². The molecule has 1 heterocycles. The number of hydrogen-bond acceptors (Lipinski definition) is 7. The van der Waals surface area contributed by atoms with Gasteiger partial charge in [-0.05, 0) is 52.7 Å². The van der Waals surface area contributed by atoms with Crippen LogP contribution in [-0.4, -0.2) is 24.2 Å². The van der Waals surface area contributed by atoms with Crippen molar-refractivity contribution in [2.45, 2.75) is 13.5 Å². The summed E-state index contributed by atoms with van der Waals surface area (Å²) in [6.07, 6.45) is 1.49. The van der Waals surface area contributed by atoms with Crippen molar-refractivity contribution in [3.05, 3.63) is 96.8 Å². The number of fused-ring (bicyclic) bond motifs is 1. The lowest BCUT2D eigenvalue weighted by Crippen LogP contribution is -2.16. The molecule has 178 valence electrons. The zero-order valence-corrected chi connectivity index (χ0v) is 21.2. The van der Waals surface area contributed by atoms with Crippen LogP contribution in [0.25, 0.3) is 10.1 Å². The van der Waals surface area contributed by atoms with Crippen molar-refractivity contribution in [3.63, 3.8) is 0 Å². The van der Waals surface area contributed by atoms with Gasteiger partial charge in [0.05, 0.1) is 23.1 Å². The molecule has 1 aromatic heterocycles. The van der Waals surface area contributed by atoms with Gasteiger partial charge in [-0.3, -0.25) is 14.9 Å². The van der Waals surface area contributed by atoms with Gasteiger partial charge in [-0.2, -0.15) is 5.10 Å². The van der Waals surface area contributed by atoms with Crippen LogP contribution in [-0.2, 0) is 6.61 Å². The first kappa shape index (κ1) is 24.4. The van der Waals surface area contributed by atoms with Crippen LogP contribution in [0.5, 0.6) is 11.5 Å². The molecular weight excluding hydrogens is 534 g/mol. The summed E-state index contributed by atoms with van der Waals surface area (Å²) in [5.74, 6) is 0.686. The lowest BCUT2D eigenvalue weighted by Gasteiger charge is -2.13. The summed E-state index contributed by atoms with van der Waals surface area (Å²) in [7, 11) is 1.55. The molecule has 1 amide bonds. The number of carbonyl (C=O) groups excluding carboxylic acids is 1. The second-order valence-corrected chi connectivity index (χ2v) is 9.53. The van der Waals surface area contributed by atoms with Crippen LogP contribution in [0.2, 0.25) is 0 Å². The molecule has 0 unspecified atom stereocenters.